The van der Waals surface area contributed by atoms with Crippen molar-refractivity contribution in [2.75, 3.05) is 0 Å². The molecule has 1 aromatic heterocycles. The van der Waals surface area contributed by atoms with Gasteiger partial charge in [0.25, 0.3) is 0 Å². The Hall–Kier alpha value is -0.980. The number of H-pyrrole nitrogens is 1. The maximum absolute atomic E-state index is 3.41. The second kappa shape index (κ2) is 10.5. The molecule has 1 N–H and O–H groups in total. The quantitative estimate of drug-likeness (QED) is 0.639. The van der Waals surface area contributed by atoms with Crippen LogP contribution >= 0.6 is 0 Å². The van der Waals surface area contributed by atoms with Crippen molar-refractivity contribution in [1.29, 1.82) is 0 Å². The van der Waals surface area contributed by atoms with E-state index in [2.05, 4.69) is 51.4 Å². The Bertz CT molecular complexity index is 234. The van der Waals surface area contributed by atoms with Crippen LogP contribution in [0.15, 0.2) is 24.8 Å². The van der Waals surface area contributed by atoms with Crippen molar-refractivity contribution < 1.29 is 0 Å². The zero-order chi connectivity index (χ0) is 13.1. The van der Waals surface area contributed by atoms with E-state index in [1.807, 2.05) is 20.8 Å². The van der Waals surface area contributed by atoms with Gasteiger partial charge in [-0.05, 0) is 30.9 Å². The van der Waals surface area contributed by atoms with E-state index in [9.17, 15) is 0 Å². The Kier molecular flexibility index (Phi) is 11.5. The van der Waals surface area contributed by atoms with Crippen LogP contribution in [-0.4, -0.2) is 4.98 Å². The second-order valence-electron chi connectivity index (χ2n) is 4.09. The third-order valence-electron chi connectivity index (χ3n) is 1.98. The summed E-state index contributed by atoms with van der Waals surface area (Å²) < 4.78 is 0. The number of aromatic nitrogens is 1. The standard InChI is InChI=1S/C10H17N.C3H6.C2H6/c1-7(2)9-5-6-10(11-9)8(3)4;1-3-2;1-2/h5-8,11H,1-4H3;3H,1H2,2H3;1-2H3. The van der Waals surface area contributed by atoms with Crippen molar-refractivity contribution in [1.82, 2.24) is 4.98 Å². The van der Waals surface area contributed by atoms with Crippen LogP contribution in [0.2, 0.25) is 0 Å². The van der Waals surface area contributed by atoms with E-state index in [1.54, 1.807) is 6.08 Å². The van der Waals surface area contributed by atoms with E-state index in [4.69, 9.17) is 0 Å². The number of hydrogen-bond donors (Lipinski definition) is 1. The number of rotatable bonds is 2. The van der Waals surface area contributed by atoms with Crippen LogP contribution in [0.5, 0.6) is 0 Å². The fraction of sp³-hybridized carbons (Fsp3) is 0.600. The summed E-state index contributed by atoms with van der Waals surface area (Å²) in [5.41, 5.74) is 2.68. The van der Waals surface area contributed by atoms with Crippen molar-refractivity contribution in [2.45, 2.75) is 60.3 Å². The predicted octanol–water partition coefficient (Wildman–Crippen LogP) is 5.48. The maximum atomic E-state index is 3.41. The molecule has 0 fully saturated rings. The predicted molar refractivity (Wildman–Crippen MR) is 76.2 cm³/mol. The van der Waals surface area contributed by atoms with E-state index in [-0.39, 0.29) is 0 Å². The molecule has 0 unspecified atom stereocenters. The monoisotopic (exact) mass is 223 g/mol. The van der Waals surface area contributed by atoms with Crippen molar-refractivity contribution in [3.05, 3.63) is 36.2 Å². The van der Waals surface area contributed by atoms with E-state index in [1.165, 1.54) is 11.4 Å². The molecule has 1 heteroatoms. The van der Waals surface area contributed by atoms with Crippen molar-refractivity contribution in [3.63, 3.8) is 0 Å². The number of nitrogens with one attached hydrogen (secondary N) is 1. The Morgan fingerprint density at radius 1 is 1.00 bits per heavy atom. The highest BCUT2D eigenvalue weighted by molar-refractivity contribution is 5.17. The molecule has 0 saturated heterocycles. The smallest absolute Gasteiger partial charge is 0.0175 e. The Morgan fingerprint density at radius 2 is 1.25 bits per heavy atom. The van der Waals surface area contributed by atoms with Gasteiger partial charge in [0.1, 0.15) is 0 Å². The third kappa shape index (κ3) is 7.33. The highest BCUT2D eigenvalue weighted by Crippen LogP contribution is 2.18. The Labute approximate surface area is 102 Å². The van der Waals surface area contributed by atoms with Crippen LogP contribution in [0.3, 0.4) is 0 Å². The normalized spacial score (nSPS) is 9.06. The summed E-state index contributed by atoms with van der Waals surface area (Å²) >= 11 is 0. The highest BCUT2D eigenvalue weighted by atomic mass is 14.7. The van der Waals surface area contributed by atoms with Gasteiger partial charge in [0.05, 0.1) is 0 Å². The lowest BCUT2D eigenvalue weighted by Crippen LogP contribution is -1.90. The summed E-state index contributed by atoms with van der Waals surface area (Å²) in [4.78, 5) is 3.41. The first-order valence-corrected chi connectivity index (χ1v) is 6.28. The molecule has 1 heterocycles. The first-order chi connectivity index (χ1) is 7.52. The molecular formula is C15H29N. The van der Waals surface area contributed by atoms with Gasteiger partial charge in [-0.3, -0.25) is 0 Å². The Balaban J connectivity index is 0. The molecule has 0 aliphatic rings. The summed E-state index contributed by atoms with van der Waals surface area (Å²) in [7, 11) is 0. The van der Waals surface area contributed by atoms with Gasteiger partial charge in [-0.2, -0.15) is 0 Å². The maximum Gasteiger partial charge on any atom is 0.0175 e. The van der Waals surface area contributed by atoms with E-state index in [0.717, 1.165) is 0 Å². The fourth-order valence-electron chi connectivity index (χ4n) is 1.10. The van der Waals surface area contributed by atoms with Crippen molar-refractivity contribution >= 4 is 0 Å². The molecule has 0 bridgehead atoms. The molecule has 16 heavy (non-hydrogen) atoms. The second-order valence-corrected chi connectivity index (χ2v) is 4.09. The van der Waals surface area contributed by atoms with E-state index < -0.39 is 0 Å². The summed E-state index contributed by atoms with van der Waals surface area (Å²) in [6.45, 7) is 18.1. The van der Waals surface area contributed by atoms with Gasteiger partial charge >= 0.3 is 0 Å². The lowest BCUT2D eigenvalue weighted by atomic mass is 10.1. The molecule has 0 amide bonds. The van der Waals surface area contributed by atoms with Crippen LogP contribution in [-0.2, 0) is 0 Å². The summed E-state index contributed by atoms with van der Waals surface area (Å²) in [6, 6.07) is 4.36. The molecule has 0 aliphatic heterocycles. The van der Waals surface area contributed by atoms with Crippen LogP contribution in [0.25, 0.3) is 0 Å². The highest BCUT2D eigenvalue weighted by Gasteiger charge is 2.04. The largest absolute Gasteiger partial charge is 0.362 e. The molecule has 1 rings (SSSR count). The molecule has 0 aromatic carbocycles. The molecule has 94 valence electrons. The van der Waals surface area contributed by atoms with E-state index >= 15 is 0 Å². The number of hydrogen-bond acceptors (Lipinski definition) is 0. The molecular weight excluding hydrogens is 194 g/mol. The Morgan fingerprint density at radius 3 is 1.38 bits per heavy atom. The number of aromatic amines is 1. The molecule has 0 radical (unpaired) electrons. The minimum absolute atomic E-state index is 0.613. The summed E-state index contributed by atoms with van der Waals surface area (Å²) in [6.07, 6.45) is 1.75. The first-order valence-electron chi connectivity index (χ1n) is 6.28. The van der Waals surface area contributed by atoms with Gasteiger partial charge in [-0.25, -0.2) is 0 Å². The van der Waals surface area contributed by atoms with Gasteiger partial charge in [-0.1, -0.05) is 47.6 Å². The molecule has 0 atom stereocenters. The van der Waals surface area contributed by atoms with Crippen molar-refractivity contribution in [3.8, 4) is 0 Å². The molecule has 0 aliphatic carbocycles. The number of allylic oxidation sites excluding steroid dienone is 1. The van der Waals surface area contributed by atoms with Gasteiger partial charge in [0.15, 0.2) is 0 Å². The zero-order valence-corrected chi connectivity index (χ0v) is 12.1. The average molecular weight is 223 g/mol. The first kappa shape index (κ1) is 17.4. The summed E-state index contributed by atoms with van der Waals surface area (Å²) in [5.74, 6) is 1.23. The van der Waals surface area contributed by atoms with Crippen molar-refractivity contribution in [2.24, 2.45) is 0 Å². The fourth-order valence-corrected chi connectivity index (χ4v) is 1.10. The minimum atomic E-state index is 0.613. The molecule has 1 aromatic rings. The van der Waals surface area contributed by atoms with Gasteiger partial charge in [-0.15, -0.1) is 6.58 Å². The van der Waals surface area contributed by atoms with Gasteiger partial charge in [0.2, 0.25) is 0 Å². The van der Waals surface area contributed by atoms with Gasteiger partial charge in [0, 0.05) is 11.4 Å². The van der Waals surface area contributed by atoms with E-state index in [0.29, 0.717) is 11.8 Å². The molecule has 0 saturated carbocycles. The SMILES string of the molecule is C=CC.CC.CC(C)c1ccc(C(C)C)[nH]1. The van der Waals surface area contributed by atoms with Crippen LogP contribution in [0, 0.1) is 0 Å². The van der Waals surface area contributed by atoms with Crippen LogP contribution in [0.1, 0.15) is 71.7 Å². The lowest BCUT2D eigenvalue weighted by Gasteiger charge is -2.02. The lowest BCUT2D eigenvalue weighted by molar-refractivity contribution is 0.787. The topological polar surface area (TPSA) is 15.8 Å². The van der Waals surface area contributed by atoms with Crippen LogP contribution in [0.4, 0.5) is 0 Å². The van der Waals surface area contributed by atoms with Gasteiger partial charge < -0.3 is 4.98 Å². The molecule has 0 spiro atoms. The average Bonchev–Trinajstić information content (AvgIpc) is 2.71. The summed E-state index contributed by atoms with van der Waals surface area (Å²) in [5, 5.41) is 0. The zero-order valence-electron chi connectivity index (χ0n) is 12.1. The van der Waals surface area contributed by atoms with Crippen LogP contribution < -0.4 is 0 Å². The molecule has 1 nitrogen and oxygen atoms in total. The minimum Gasteiger partial charge on any atom is -0.362 e. The third-order valence-corrected chi connectivity index (χ3v) is 1.98.